The zero-order valence-corrected chi connectivity index (χ0v) is 21.0. The topological polar surface area (TPSA) is 278 Å². The van der Waals surface area contributed by atoms with Gasteiger partial charge in [-0.3, -0.25) is 24.2 Å². The minimum atomic E-state index is -1.55. The first kappa shape index (κ1) is 31.8. The molecule has 5 unspecified atom stereocenters. The number of aliphatic imine (C=N–C) groups is 1. The summed E-state index contributed by atoms with van der Waals surface area (Å²) in [6, 6.07) is 3.13. The van der Waals surface area contributed by atoms with Crippen LogP contribution in [-0.2, 0) is 30.4 Å². The Morgan fingerprint density at radius 2 is 1.53 bits per heavy atom. The fourth-order valence-corrected chi connectivity index (χ4v) is 3.33. The van der Waals surface area contributed by atoms with Crippen LogP contribution in [0.1, 0.15) is 31.7 Å². The highest BCUT2D eigenvalue weighted by Gasteiger charge is 2.32. The largest absolute Gasteiger partial charge is 0.480 e. The van der Waals surface area contributed by atoms with Gasteiger partial charge in [0.2, 0.25) is 23.6 Å². The van der Waals surface area contributed by atoms with Gasteiger partial charge in [0.05, 0.1) is 18.6 Å². The molecule has 210 valence electrons. The van der Waals surface area contributed by atoms with Crippen molar-refractivity contribution in [1.29, 1.82) is 0 Å². The van der Waals surface area contributed by atoms with Crippen LogP contribution < -0.4 is 38.9 Å². The lowest BCUT2D eigenvalue weighted by molar-refractivity contribution is -0.142. The molecular formula is C23H36N8O7. The smallest absolute Gasteiger partial charge is 0.326 e. The van der Waals surface area contributed by atoms with E-state index in [1.165, 1.54) is 6.92 Å². The summed E-state index contributed by atoms with van der Waals surface area (Å²) < 4.78 is 0. The van der Waals surface area contributed by atoms with Crippen molar-refractivity contribution in [3.8, 4) is 0 Å². The maximum Gasteiger partial charge on any atom is 0.326 e. The number of primary amides is 1. The van der Waals surface area contributed by atoms with Gasteiger partial charge in [-0.2, -0.15) is 0 Å². The first-order valence-electron chi connectivity index (χ1n) is 11.8. The zero-order chi connectivity index (χ0) is 28.8. The molecule has 5 atom stereocenters. The maximum absolute atomic E-state index is 13.1. The fourth-order valence-electron chi connectivity index (χ4n) is 3.33. The molecule has 0 heterocycles. The number of benzene rings is 1. The van der Waals surface area contributed by atoms with Crippen molar-refractivity contribution in [2.24, 2.45) is 27.9 Å². The third kappa shape index (κ3) is 11.7. The maximum atomic E-state index is 13.1. The molecule has 15 heteroatoms. The Bertz CT molecular complexity index is 999. The number of guanidine groups is 1. The SMILES string of the molecule is CC(O)C(NC(=O)C(N)CC(N)=O)C(=O)NC(CCCN=C(N)N)C(=O)NC(Cc1ccccc1)C(=O)O. The molecule has 0 bridgehead atoms. The van der Waals surface area contributed by atoms with Crippen LogP contribution in [0.2, 0.25) is 0 Å². The second kappa shape index (κ2) is 15.8. The normalized spacial score (nSPS) is 14.6. The van der Waals surface area contributed by atoms with Crippen LogP contribution in [0.4, 0.5) is 0 Å². The van der Waals surface area contributed by atoms with Crippen LogP contribution in [0.3, 0.4) is 0 Å². The van der Waals surface area contributed by atoms with E-state index in [9.17, 15) is 34.2 Å². The highest BCUT2D eigenvalue weighted by Crippen LogP contribution is 2.07. The van der Waals surface area contributed by atoms with Crippen LogP contribution in [-0.4, -0.2) is 82.6 Å². The van der Waals surface area contributed by atoms with Crippen LogP contribution in [0, 0.1) is 0 Å². The number of hydrogen-bond acceptors (Lipinski definition) is 8. The van der Waals surface area contributed by atoms with Crippen molar-refractivity contribution in [1.82, 2.24) is 16.0 Å². The van der Waals surface area contributed by atoms with E-state index < -0.39 is 66.3 Å². The minimum absolute atomic E-state index is 0.00626. The predicted octanol–water partition coefficient (Wildman–Crippen LogP) is -3.59. The first-order chi connectivity index (χ1) is 17.8. The summed E-state index contributed by atoms with van der Waals surface area (Å²) >= 11 is 0. The molecule has 1 aromatic rings. The number of aliphatic hydroxyl groups excluding tert-OH is 1. The third-order valence-corrected chi connectivity index (χ3v) is 5.30. The number of amides is 4. The van der Waals surface area contributed by atoms with E-state index in [0.29, 0.717) is 5.56 Å². The summed E-state index contributed by atoms with van der Waals surface area (Å²) in [7, 11) is 0. The summed E-state index contributed by atoms with van der Waals surface area (Å²) in [5.41, 5.74) is 21.9. The second-order valence-corrected chi connectivity index (χ2v) is 8.60. The lowest BCUT2D eigenvalue weighted by atomic mass is 10.0. The lowest BCUT2D eigenvalue weighted by Crippen LogP contribution is -2.60. The predicted molar refractivity (Wildman–Crippen MR) is 137 cm³/mol. The average Bonchev–Trinajstić information content (AvgIpc) is 2.83. The van der Waals surface area contributed by atoms with Crippen molar-refractivity contribution in [2.75, 3.05) is 6.54 Å². The Balaban J connectivity index is 3.04. The summed E-state index contributed by atoms with van der Waals surface area (Å²) in [6.07, 6.45) is -1.71. The first-order valence-corrected chi connectivity index (χ1v) is 11.8. The Morgan fingerprint density at radius 3 is 2.05 bits per heavy atom. The number of carbonyl (C=O) groups is 5. The quantitative estimate of drug-likeness (QED) is 0.0568. The van der Waals surface area contributed by atoms with Gasteiger partial charge in [-0.25, -0.2) is 4.79 Å². The Hall–Kier alpha value is -4.24. The van der Waals surface area contributed by atoms with Gasteiger partial charge in [0.1, 0.15) is 18.1 Å². The number of carboxylic acids is 1. The molecule has 4 amide bonds. The number of carbonyl (C=O) groups excluding carboxylic acids is 4. The van der Waals surface area contributed by atoms with E-state index in [0.717, 1.165) is 0 Å². The van der Waals surface area contributed by atoms with Crippen LogP contribution in [0.5, 0.6) is 0 Å². The molecule has 13 N–H and O–H groups in total. The van der Waals surface area contributed by atoms with Gasteiger partial charge in [0, 0.05) is 13.0 Å². The van der Waals surface area contributed by atoms with Crippen LogP contribution in [0.25, 0.3) is 0 Å². The van der Waals surface area contributed by atoms with E-state index in [2.05, 4.69) is 20.9 Å². The highest BCUT2D eigenvalue weighted by atomic mass is 16.4. The molecule has 0 aliphatic rings. The van der Waals surface area contributed by atoms with E-state index >= 15 is 0 Å². The van der Waals surface area contributed by atoms with Gasteiger partial charge < -0.3 is 49.1 Å². The molecule has 15 nitrogen and oxygen atoms in total. The molecule has 0 saturated carbocycles. The zero-order valence-electron chi connectivity index (χ0n) is 21.0. The van der Waals surface area contributed by atoms with E-state index in [1.54, 1.807) is 30.3 Å². The molecular weight excluding hydrogens is 500 g/mol. The van der Waals surface area contributed by atoms with Crippen molar-refractivity contribution >= 4 is 35.6 Å². The van der Waals surface area contributed by atoms with Gasteiger partial charge in [0.25, 0.3) is 0 Å². The lowest BCUT2D eigenvalue weighted by Gasteiger charge is -2.26. The number of nitrogens with zero attached hydrogens (tertiary/aromatic N) is 1. The van der Waals surface area contributed by atoms with Gasteiger partial charge in [0.15, 0.2) is 5.96 Å². The molecule has 0 fully saturated rings. The number of aliphatic hydroxyl groups is 1. The fraction of sp³-hybridized carbons (Fsp3) is 0.478. The van der Waals surface area contributed by atoms with Gasteiger partial charge in [-0.1, -0.05) is 30.3 Å². The van der Waals surface area contributed by atoms with E-state index in [-0.39, 0.29) is 31.8 Å². The standard InChI is InChI=1S/C23H36N8O7/c1-12(32)18(31-19(34)14(24)11-17(25)33)21(36)29-15(8-5-9-28-23(26)27)20(35)30-16(22(37)38)10-13-6-3-2-4-7-13/h2-4,6-7,12,14-16,18,32H,5,8-11,24H2,1H3,(H2,25,33)(H,29,36)(H,30,35)(H,31,34)(H,37,38)(H4,26,27,28). The number of aliphatic carboxylic acids is 1. The molecule has 1 rings (SSSR count). The van der Waals surface area contributed by atoms with Gasteiger partial charge >= 0.3 is 5.97 Å². The third-order valence-electron chi connectivity index (χ3n) is 5.30. The highest BCUT2D eigenvalue weighted by molar-refractivity contribution is 5.95. The number of nitrogens with two attached hydrogens (primary N) is 4. The van der Waals surface area contributed by atoms with Crippen LogP contribution >= 0.6 is 0 Å². The number of hydrogen-bond donors (Lipinski definition) is 9. The van der Waals surface area contributed by atoms with Crippen molar-refractivity contribution in [3.05, 3.63) is 35.9 Å². The molecule has 38 heavy (non-hydrogen) atoms. The summed E-state index contributed by atoms with van der Waals surface area (Å²) in [6.45, 7) is 1.34. The van der Waals surface area contributed by atoms with Crippen molar-refractivity contribution in [2.45, 2.75) is 62.9 Å². The molecule has 0 spiro atoms. The molecule has 1 aromatic carbocycles. The van der Waals surface area contributed by atoms with Crippen LogP contribution in [0.15, 0.2) is 35.3 Å². The van der Waals surface area contributed by atoms with Crippen molar-refractivity contribution in [3.63, 3.8) is 0 Å². The van der Waals surface area contributed by atoms with Crippen molar-refractivity contribution < 1.29 is 34.2 Å². The van der Waals surface area contributed by atoms with E-state index in [4.69, 9.17) is 22.9 Å². The number of carboxylic acid groups (broad SMARTS) is 1. The second-order valence-electron chi connectivity index (χ2n) is 8.60. The van der Waals surface area contributed by atoms with Gasteiger partial charge in [-0.15, -0.1) is 0 Å². The average molecular weight is 537 g/mol. The number of nitrogens with one attached hydrogen (secondary N) is 3. The Morgan fingerprint density at radius 1 is 0.921 bits per heavy atom. The minimum Gasteiger partial charge on any atom is -0.480 e. The molecule has 0 aliphatic carbocycles. The summed E-state index contributed by atoms with van der Waals surface area (Å²) in [4.78, 5) is 64.9. The Kier molecular flexibility index (Phi) is 13.2. The molecule has 0 aliphatic heterocycles. The van der Waals surface area contributed by atoms with Gasteiger partial charge in [-0.05, 0) is 25.3 Å². The summed E-state index contributed by atoms with van der Waals surface area (Å²) in [5.74, 6) is -4.98. The monoisotopic (exact) mass is 536 g/mol. The molecule has 0 saturated heterocycles. The Labute approximate surface area is 219 Å². The summed E-state index contributed by atoms with van der Waals surface area (Å²) in [5, 5.41) is 26.7. The molecule has 0 radical (unpaired) electrons. The van der Waals surface area contributed by atoms with E-state index in [1.807, 2.05) is 0 Å². The molecule has 0 aromatic heterocycles. The number of rotatable bonds is 16.